The van der Waals surface area contributed by atoms with E-state index < -0.39 is 0 Å². The third-order valence-corrected chi connectivity index (χ3v) is 6.88. The molecule has 152 valence electrons. The highest BCUT2D eigenvalue weighted by atomic mass is 16.5. The lowest BCUT2D eigenvalue weighted by Gasteiger charge is -2.58. The molecule has 0 bridgehead atoms. The molecular formula is C22H30N2O4. The maximum atomic E-state index is 13.1. The highest BCUT2D eigenvalue weighted by Crippen LogP contribution is 2.63. The van der Waals surface area contributed by atoms with Gasteiger partial charge in [-0.05, 0) is 42.0 Å². The van der Waals surface area contributed by atoms with Gasteiger partial charge >= 0.3 is 5.97 Å². The number of methoxy groups -OCH3 is 1. The molecule has 2 atom stereocenters. The molecule has 0 unspecified atom stereocenters. The van der Waals surface area contributed by atoms with Crippen LogP contribution in [0.2, 0.25) is 0 Å². The lowest BCUT2D eigenvalue weighted by molar-refractivity contribution is -0.0966. The molecule has 28 heavy (non-hydrogen) atoms. The molecule has 0 radical (unpaired) electrons. The Hall–Kier alpha value is -1.92. The number of nitrogens with zero attached hydrogens (tertiary/aromatic N) is 2. The van der Waals surface area contributed by atoms with E-state index in [1.807, 2.05) is 4.90 Å². The number of benzene rings is 1. The van der Waals surface area contributed by atoms with Gasteiger partial charge < -0.3 is 14.4 Å². The van der Waals surface area contributed by atoms with Crippen LogP contribution in [-0.2, 0) is 9.47 Å². The minimum Gasteiger partial charge on any atom is -0.465 e. The number of likely N-dealkylation sites (tertiary alicyclic amines) is 1. The molecule has 2 aliphatic heterocycles. The molecule has 6 nitrogen and oxygen atoms in total. The number of rotatable bonds is 4. The van der Waals surface area contributed by atoms with E-state index in [0.717, 1.165) is 52.4 Å². The fraction of sp³-hybridized carbons (Fsp3) is 0.636. The summed E-state index contributed by atoms with van der Waals surface area (Å²) in [5, 5.41) is 0. The summed E-state index contributed by atoms with van der Waals surface area (Å²) in [4.78, 5) is 29.3. The Morgan fingerprint density at radius 2 is 1.79 bits per heavy atom. The Balaban J connectivity index is 1.48. The SMILES string of the molecule is COC(=O)c1ccc(C(=O)N2C[C@@H]3C(C)(C)C[C@]3(CN3CCOCC3)C2)cc1. The lowest BCUT2D eigenvalue weighted by atomic mass is 9.48. The maximum absolute atomic E-state index is 13.1. The second kappa shape index (κ2) is 7.16. The first kappa shape index (κ1) is 19.4. The van der Waals surface area contributed by atoms with Gasteiger partial charge in [-0.1, -0.05) is 13.8 Å². The van der Waals surface area contributed by atoms with E-state index in [1.54, 1.807) is 24.3 Å². The Bertz CT molecular complexity index is 754. The van der Waals surface area contributed by atoms with Crippen molar-refractivity contribution in [2.45, 2.75) is 20.3 Å². The number of fused-ring (bicyclic) bond motifs is 1. The van der Waals surface area contributed by atoms with Gasteiger partial charge in [0, 0.05) is 43.7 Å². The van der Waals surface area contributed by atoms with Crippen LogP contribution in [0.5, 0.6) is 0 Å². The van der Waals surface area contributed by atoms with Gasteiger partial charge in [-0.2, -0.15) is 0 Å². The van der Waals surface area contributed by atoms with Crippen LogP contribution < -0.4 is 0 Å². The molecule has 1 aromatic carbocycles. The molecule has 1 aromatic rings. The molecule has 1 saturated carbocycles. The Labute approximate surface area is 166 Å². The summed E-state index contributed by atoms with van der Waals surface area (Å²) >= 11 is 0. The molecule has 0 N–H and O–H groups in total. The number of ether oxygens (including phenoxy) is 2. The largest absolute Gasteiger partial charge is 0.465 e. The summed E-state index contributed by atoms with van der Waals surface area (Å²) in [6, 6.07) is 6.79. The predicted molar refractivity (Wildman–Crippen MR) is 105 cm³/mol. The second-order valence-corrected chi connectivity index (χ2v) is 9.22. The van der Waals surface area contributed by atoms with Gasteiger partial charge in [0.2, 0.25) is 0 Å². The van der Waals surface area contributed by atoms with Gasteiger partial charge in [0.15, 0.2) is 0 Å². The van der Waals surface area contributed by atoms with Gasteiger partial charge in [-0.15, -0.1) is 0 Å². The molecule has 3 fully saturated rings. The summed E-state index contributed by atoms with van der Waals surface area (Å²) < 4.78 is 10.2. The van der Waals surface area contributed by atoms with Crippen molar-refractivity contribution in [1.29, 1.82) is 0 Å². The van der Waals surface area contributed by atoms with Crippen molar-refractivity contribution in [1.82, 2.24) is 9.80 Å². The van der Waals surface area contributed by atoms with Crippen molar-refractivity contribution in [2.24, 2.45) is 16.7 Å². The minimum absolute atomic E-state index is 0.0583. The first-order chi connectivity index (χ1) is 13.3. The number of carbonyl (C=O) groups excluding carboxylic acids is 2. The molecule has 0 spiro atoms. The van der Waals surface area contributed by atoms with E-state index in [4.69, 9.17) is 9.47 Å². The fourth-order valence-electron chi connectivity index (χ4n) is 5.75. The van der Waals surface area contributed by atoms with Crippen molar-refractivity contribution in [3.63, 3.8) is 0 Å². The van der Waals surface area contributed by atoms with Gasteiger partial charge in [0.25, 0.3) is 5.91 Å². The monoisotopic (exact) mass is 386 g/mol. The van der Waals surface area contributed by atoms with Crippen LogP contribution in [0.1, 0.15) is 41.0 Å². The fourth-order valence-corrected chi connectivity index (χ4v) is 5.75. The van der Waals surface area contributed by atoms with Crippen molar-refractivity contribution in [3.8, 4) is 0 Å². The van der Waals surface area contributed by atoms with Gasteiger partial charge in [-0.25, -0.2) is 4.79 Å². The Kier molecular flexibility index (Phi) is 4.96. The molecule has 3 aliphatic rings. The quantitative estimate of drug-likeness (QED) is 0.743. The summed E-state index contributed by atoms with van der Waals surface area (Å²) in [5.41, 5.74) is 1.57. The van der Waals surface area contributed by atoms with Crippen LogP contribution in [0, 0.1) is 16.7 Å². The minimum atomic E-state index is -0.385. The molecule has 2 saturated heterocycles. The van der Waals surface area contributed by atoms with Crippen molar-refractivity contribution < 1.29 is 19.1 Å². The Morgan fingerprint density at radius 1 is 1.14 bits per heavy atom. The van der Waals surface area contributed by atoms with Gasteiger partial charge in [0.1, 0.15) is 0 Å². The zero-order chi connectivity index (χ0) is 19.9. The normalized spacial score (nSPS) is 29.1. The number of carbonyl (C=O) groups is 2. The van der Waals surface area contributed by atoms with E-state index in [1.165, 1.54) is 7.11 Å². The highest BCUT2D eigenvalue weighted by Gasteiger charge is 2.63. The highest BCUT2D eigenvalue weighted by molar-refractivity contribution is 5.96. The first-order valence-electron chi connectivity index (χ1n) is 10.1. The maximum Gasteiger partial charge on any atom is 0.337 e. The average molecular weight is 386 g/mol. The first-order valence-corrected chi connectivity index (χ1v) is 10.1. The number of hydrogen-bond acceptors (Lipinski definition) is 5. The molecule has 0 aromatic heterocycles. The smallest absolute Gasteiger partial charge is 0.337 e. The molecule has 4 rings (SSSR count). The third kappa shape index (κ3) is 3.33. The van der Waals surface area contributed by atoms with Crippen molar-refractivity contribution in [3.05, 3.63) is 35.4 Å². The van der Waals surface area contributed by atoms with Gasteiger partial charge in [0.05, 0.1) is 25.9 Å². The van der Waals surface area contributed by atoms with Crippen LogP contribution in [0.25, 0.3) is 0 Å². The summed E-state index contributed by atoms with van der Waals surface area (Å²) in [7, 11) is 1.36. The molecule has 1 amide bonds. The zero-order valence-electron chi connectivity index (χ0n) is 17.1. The predicted octanol–water partition coefficient (Wildman–Crippen LogP) is 2.29. The van der Waals surface area contributed by atoms with E-state index in [9.17, 15) is 9.59 Å². The Morgan fingerprint density at radius 3 is 2.39 bits per heavy atom. The number of esters is 1. The molecule has 2 heterocycles. The van der Waals surface area contributed by atoms with E-state index in [0.29, 0.717) is 17.0 Å². The van der Waals surface area contributed by atoms with Crippen molar-refractivity contribution in [2.75, 3.05) is 53.0 Å². The van der Waals surface area contributed by atoms with E-state index in [2.05, 4.69) is 18.7 Å². The standard InChI is InChI=1S/C22H30N2O4/c1-21(2)13-22(14-23-8-10-28-11-9-23)15-24(12-18(21)22)19(25)16-4-6-17(7-5-16)20(26)27-3/h4-7,18H,8-15H2,1-3H3/t18-,22+/m1/s1. The summed E-state index contributed by atoms with van der Waals surface area (Å²) in [5.74, 6) is 0.202. The third-order valence-electron chi connectivity index (χ3n) is 6.88. The van der Waals surface area contributed by atoms with E-state index in [-0.39, 0.29) is 22.7 Å². The number of morpholine rings is 1. The average Bonchev–Trinajstić information content (AvgIpc) is 3.02. The summed E-state index contributed by atoms with van der Waals surface area (Å²) in [6.07, 6.45) is 1.16. The topological polar surface area (TPSA) is 59.1 Å². The number of amides is 1. The van der Waals surface area contributed by atoms with E-state index >= 15 is 0 Å². The molecule has 1 aliphatic carbocycles. The van der Waals surface area contributed by atoms with Crippen LogP contribution in [0.4, 0.5) is 0 Å². The molecular weight excluding hydrogens is 356 g/mol. The van der Waals surface area contributed by atoms with Crippen LogP contribution in [0.15, 0.2) is 24.3 Å². The number of hydrogen-bond donors (Lipinski definition) is 0. The van der Waals surface area contributed by atoms with Crippen LogP contribution in [-0.4, -0.2) is 74.7 Å². The van der Waals surface area contributed by atoms with Crippen LogP contribution >= 0.6 is 0 Å². The zero-order valence-corrected chi connectivity index (χ0v) is 17.1. The molecule has 6 heteroatoms. The van der Waals surface area contributed by atoms with Crippen molar-refractivity contribution >= 4 is 11.9 Å². The van der Waals surface area contributed by atoms with Gasteiger partial charge in [-0.3, -0.25) is 9.69 Å². The lowest BCUT2D eigenvalue weighted by Crippen LogP contribution is -2.59. The van der Waals surface area contributed by atoms with Crippen LogP contribution in [0.3, 0.4) is 0 Å². The second-order valence-electron chi connectivity index (χ2n) is 9.22. The summed E-state index contributed by atoms with van der Waals surface area (Å²) in [6.45, 7) is 10.9.